The molecule has 9 rings (SSSR count). The molecule has 2 nitrogen and oxygen atoms in total. The maximum Gasteiger partial charge on any atom is 0.145 e. The van der Waals surface area contributed by atoms with Crippen LogP contribution in [0.4, 0.5) is 17.1 Å². The Balaban J connectivity index is 1.23. The molecule has 0 aliphatic heterocycles. The lowest BCUT2D eigenvalue weighted by atomic mass is 9.97. The molecule has 8 aromatic carbocycles. The maximum absolute atomic E-state index is 6.70. The minimum absolute atomic E-state index is 0.881. The number of hydrogen-bond acceptors (Lipinski definition) is 2. The molecule has 1 aromatic heterocycles. The number of nitrogens with zero attached hydrogens (tertiary/aromatic N) is 1. The molecular weight excluding hydrogens is 558 g/mol. The van der Waals surface area contributed by atoms with E-state index in [4.69, 9.17) is 4.42 Å². The lowest BCUT2D eigenvalue weighted by Crippen LogP contribution is -2.10. The molecule has 216 valence electrons. The van der Waals surface area contributed by atoms with Gasteiger partial charge in [-0.3, -0.25) is 0 Å². The van der Waals surface area contributed by atoms with E-state index in [9.17, 15) is 0 Å². The molecule has 0 bridgehead atoms. The van der Waals surface area contributed by atoms with E-state index in [1.807, 2.05) is 6.07 Å². The van der Waals surface area contributed by atoms with Crippen LogP contribution in [0, 0.1) is 0 Å². The molecule has 1 heterocycles. The average Bonchev–Trinajstić information content (AvgIpc) is 3.52. The van der Waals surface area contributed by atoms with Crippen LogP contribution >= 0.6 is 0 Å². The van der Waals surface area contributed by atoms with Gasteiger partial charge in [-0.1, -0.05) is 121 Å². The van der Waals surface area contributed by atoms with E-state index in [1.165, 1.54) is 32.7 Å². The topological polar surface area (TPSA) is 16.4 Å². The van der Waals surface area contributed by atoms with E-state index >= 15 is 0 Å². The summed E-state index contributed by atoms with van der Waals surface area (Å²) in [5, 5.41) is 7.14. The van der Waals surface area contributed by atoms with Crippen LogP contribution < -0.4 is 4.90 Å². The van der Waals surface area contributed by atoms with Crippen LogP contribution in [-0.2, 0) is 0 Å². The molecule has 0 aliphatic rings. The monoisotopic (exact) mass is 587 g/mol. The van der Waals surface area contributed by atoms with Gasteiger partial charge in [0.05, 0.1) is 11.1 Å². The summed E-state index contributed by atoms with van der Waals surface area (Å²) in [4.78, 5) is 2.35. The Kier molecular flexibility index (Phi) is 6.17. The normalized spacial score (nSPS) is 11.5. The summed E-state index contributed by atoms with van der Waals surface area (Å²) in [5.41, 5.74) is 9.64. The second-order valence-electron chi connectivity index (χ2n) is 11.8. The molecule has 0 amide bonds. The summed E-state index contributed by atoms with van der Waals surface area (Å²) in [7, 11) is 0. The number of benzene rings is 8. The molecule has 0 aliphatic carbocycles. The highest BCUT2D eigenvalue weighted by Crippen LogP contribution is 2.46. The Bertz CT molecular complexity index is 2530. The molecular formula is C44H29NO. The van der Waals surface area contributed by atoms with Crippen molar-refractivity contribution in [1.82, 2.24) is 0 Å². The van der Waals surface area contributed by atoms with Crippen LogP contribution in [0.25, 0.3) is 65.7 Å². The van der Waals surface area contributed by atoms with Gasteiger partial charge < -0.3 is 9.32 Å². The first-order valence-electron chi connectivity index (χ1n) is 15.7. The smallest absolute Gasteiger partial charge is 0.145 e. The molecule has 0 radical (unpaired) electrons. The summed E-state index contributed by atoms with van der Waals surface area (Å²) in [6.07, 6.45) is 0. The van der Waals surface area contributed by atoms with Crippen molar-refractivity contribution in [3.8, 4) is 22.3 Å². The Morgan fingerprint density at radius 1 is 0.391 bits per heavy atom. The summed E-state index contributed by atoms with van der Waals surface area (Å²) < 4.78 is 6.70. The van der Waals surface area contributed by atoms with Gasteiger partial charge in [0.25, 0.3) is 0 Å². The van der Waals surface area contributed by atoms with Crippen LogP contribution in [0.15, 0.2) is 180 Å². The average molecular weight is 588 g/mol. The first-order chi connectivity index (χ1) is 22.8. The molecule has 0 unspecified atom stereocenters. The summed E-state index contributed by atoms with van der Waals surface area (Å²) in [6.45, 7) is 0. The van der Waals surface area contributed by atoms with Crippen LogP contribution in [0.3, 0.4) is 0 Å². The van der Waals surface area contributed by atoms with Crippen molar-refractivity contribution < 1.29 is 4.42 Å². The highest BCUT2D eigenvalue weighted by molar-refractivity contribution is 6.17. The zero-order valence-corrected chi connectivity index (χ0v) is 25.1. The molecule has 46 heavy (non-hydrogen) atoms. The number of rotatable bonds is 5. The van der Waals surface area contributed by atoms with E-state index in [2.05, 4.69) is 175 Å². The van der Waals surface area contributed by atoms with Crippen molar-refractivity contribution >= 4 is 60.5 Å². The van der Waals surface area contributed by atoms with E-state index < -0.39 is 0 Å². The fourth-order valence-electron chi connectivity index (χ4n) is 6.76. The Morgan fingerprint density at radius 3 is 1.70 bits per heavy atom. The van der Waals surface area contributed by atoms with Crippen molar-refractivity contribution in [3.63, 3.8) is 0 Å². The maximum atomic E-state index is 6.70. The number of hydrogen-bond donors (Lipinski definition) is 0. The Labute approximate surface area is 267 Å². The van der Waals surface area contributed by atoms with Crippen LogP contribution in [-0.4, -0.2) is 0 Å². The third-order valence-electron chi connectivity index (χ3n) is 9.03. The molecule has 0 saturated carbocycles. The SMILES string of the molecule is c1ccc(N(c2ccc(-c3ccc4ccccc4c3)cc2)c2ccc(-c3ccc4ccccc4c3)c3oc4ccccc4c23)cc1. The van der Waals surface area contributed by atoms with Gasteiger partial charge in [0.2, 0.25) is 0 Å². The van der Waals surface area contributed by atoms with Crippen molar-refractivity contribution in [2.45, 2.75) is 0 Å². The Morgan fingerprint density at radius 2 is 0.957 bits per heavy atom. The van der Waals surface area contributed by atoms with Crippen molar-refractivity contribution in [3.05, 3.63) is 176 Å². The van der Waals surface area contributed by atoms with Crippen molar-refractivity contribution in [2.75, 3.05) is 4.90 Å². The van der Waals surface area contributed by atoms with Crippen LogP contribution in [0.1, 0.15) is 0 Å². The van der Waals surface area contributed by atoms with E-state index in [-0.39, 0.29) is 0 Å². The number of furan rings is 1. The molecule has 0 fully saturated rings. The molecule has 0 spiro atoms. The van der Waals surface area contributed by atoms with Gasteiger partial charge in [-0.05, 0) is 92.8 Å². The van der Waals surface area contributed by atoms with E-state index in [0.29, 0.717) is 0 Å². The lowest BCUT2D eigenvalue weighted by Gasteiger charge is -2.27. The first-order valence-corrected chi connectivity index (χ1v) is 15.7. The zero-order chi connectivity index (χ0) is 30.5. The number of para-hydroxylation sites is 2. The second kappa shape index (κ2) is 10.8. The minimum Gasteiger partial charge on any atom is -0.455 e. The van der Waals surface area contributed by atoms with E-state index in [0.717, 1.165) is 50.1 Å². The van der Waals surface area contributed by atoms with Crippen molar-refractivity contribution in [2.24, 2.45) is 0 Å². The van der Waals surface area contributed by atoms with E-state index in [1.54, 1.807) is 0 Å². The van der Waals surface area contributed by atoms with Gasteiger partial charge in [-0.25, -0.2) is 0 Å². The van der Waals surface area contributed by atoms with Crippen LogP contribution in [0.5, 0.6) is 0 Å². The first kappa shape index (κ1) is 26.3. The fraction of sp³-hybridized carbons (Fsp3) is 0. The number of fused-ring (bicyclic) bond motifs is 5. The summed E-state index contributed by atoms with van der Waals surface area (Å²) in [5.74, 6) is 0. The lowest BCUT2D eigenvalue weighted by molar-refractivity contribution is 0.670. The molecule has 0 atom stereocenters. The van der Waals surface area contributed by atoms with Gasteiger partial charge >= 0.3 is 0 Å². The van der Waals surface area contributed by atoms with Gasteiger partial charge in [0.15, 0.2) is 0 Å². The van der Waals surface area contributed by atoms with Gasteiger partial charge in [0, 0.05) is 22.3 Å². The number of anilines is 3. The fourth-order valence-corrected chi connectivity index (χ4v) is 6.76. The molecule has 0 N–H and O–H groups in total. The second-order valence-corrected chi connectivity index (χ2v) is 11.8. The highest BCUT2D eigenvalue weighted by atomic mass is 16.3. The zero-order valence-electron chi connectivity index (χ0n) is 25.1. The largest absolute Gasteiger partial charge is 0.455 e. The third kappa shape index (κ3) is 4.43. The molecule has 9 aromatic rings. The van der Waals surface area contributed by atoms with Crippen molar-refractivity contribution in [1.29, 1.82) is 0 Å². The van der Waals surface area contributed by atoms with Gasteiger partial charge in [0.1, 0.15) is 11.2 Å². The Hall–Kier alpha value is -6.12. The van der Waals surface area contributed by atoms with Crippen LogP contribution in [0.2, 0.25) is 0 Å². The molecule has 0 saturated heterocycles. The highest BCUT2D eigenvalue weighted by Gasteiger charge is 2.22. The minimum atomic E-state index is 0.881. The predicted molar refractivity (Wildman–Crippen MR) is 194 cm³/mol. The quantitative estimate of drug-likeness (QED) is 0.199. The van der Waals surface area contributed by atoms with Gasteiger partial charge in [-0.15, -0.1) is 0 Å². The molecule has 2 heteroatoms. The summed E-state index contributed by atoms with van der Waals surface area (Å²) in [6, 6.07) is 62.7. The van der Waals surface area contributed by atoms with Gasteiger partial charge in [-0.2, -0.15) is 0 Å². The standard InChI is InChI=1S/C44H29NO/c1-2-14-37(15-3-1)45(38-24-22-32(23-25-38)35-20-18-30-10-4-6-12-33(30)28-35)41-27-26-39(36-21-19-31-11-5-7-13-34(31)29-36)44-43(41)40-16-8-9-17-42(40)46-44/h1-29H. The predicted octanol–water partition coefficient (Wildman–Crippen LogP) is 12.7. The summed E-state index contributed by atoms with van der Waals surface area (Å²) >= 11 is 0. The third-order valence-corrected chi connectivity index (χ3v) is 9.03.